The number of hydrogen-bond acceptors (Lipinski definition) is 2. The third-order valence-electron chi connectivity index (χ3n) is 3.32. The molecule has 1 aliphatic rings. The molecule has 2 nitrogen and oxygen atoms in total. The van der Waals surface area contributed by atoms with Crippen LogP contribution in [0.5, 0.6) is 0 Å². The third kappa shape index (κ3) is 1.67. The van der Waals surface area contributed by atoms with Gasteiger partial charge in [-0.25, -0.2) is 0 Å². The van der Waals surface area contributed by atoms with Gasteiger partial charge in [-0.1, -0.05) is 30.3 Å². The van der Waals surface area contributed by atoms with Crippen molar-refractivity contribution in [3.63, 3.8) is 0 Å². The van der Waals surface area contributed by atoms with E-state index in [0.29, 0.717) is 5.84 Å². The zero-order chi connectivity index (χ0) is 11.8. The normalized spacial score (nSPS) is 16.1. The summed E-state index contributed by atoms with van der Waals surface area (Å²) in [6, 6.07) is 12.7. The summed E-state index contributed by atoms with van der Waals surface area (Å²) >= 11 is 1.76. The van der Waals surface area contributed by atoms with Crippen LogP contribution in [-0.4, -0.2) is 10.7 Å². The summed E-state index contributed by atoms with van der Waals surface area (Å²) < 4.78 is 0. The summed E-state index contributed by atoms with van der Waals surface area (Å²) in [4.78, 5) is 3.49. The average Bonchev–Trinajstić information content (AvgIpc) is 2.97. The number of fused-ring (bicyclic) bond motifs is 1. The van der Waals surface area contributed by atoms with Gasteiger partial charge in [-0.15, -0.1) is 11.3 Å². The molecule has 0 aliphatic carbocycles. The van der Waals surface area contributed by atoms with Crippen molar-refractivity contribution in [1.82, 2.24) is 4.90 Å². The molecule has 86 valence electrons. The maximum absolute atomic E-state index is 8.25. The molecule has 1 N–H and O–H groups in total. The van der Waals surface area contributed by atoms with Crippen LogP contribution in [0.3, 0.4) is 0 Å². The van der Waals surface area contributed by atoms with Crippen molar-refractivity contribution in [3.8, 4) is 0 Å². The highest BCUT2D eigenvalue weighted by Gasteiger charge is 2.28. The number of amidine groups is 1. The Morgan fingerprint density at radius 3 is 2.76 bits per heavy atom. The average molecular weight is 242 g/mol. The highest BCUT2D eigenvalue weighted by atomic mass is 32.1. The first-order valence-electron chi connectivity index (χ1n) is 5.74. The molecule has 0 saturated heterocycles. The molecule has 1 atom stereocenters. The van der Waals surface area contributed by atoms with E-state index < -0.39 is 0 Å². The molecule has 1 aromatic carbocycles. The van der Waals surface area contributed by atoms with E-state index in [9.17, 15) is 0 Å². The first-order chi connectivity index (χ1) is 8.27. The molecule has 0 radical (unpaired) electrons. The topological polar surface area (TPSA) is 27.1 Å². The van der Waals surface area contributed by atoms with E-state index in [4.69, 9.17) is 5.41 Å². The molecule has 3 heteroatoms. The Balaban J connectivity index is 1.92. The van der Waals surface area contributed by atoms with Gasteiger partial charge in [0.05, 0.1) is 6.04 Å². The van der Waals surface area contributed by atoms with Crippen molar-refractivity contribution in [3.05, 3.63) is 57.8 Å². The van der Waals surface area contributed by atoms with E-state index in [1.165, 1.54) is 10.4 Å². The molecule has 17 heavy (non-hydrogen) atoms. The zero-order valence-corrected chi connectivity index (χ0v) is 10.5. The van der Waals surface area contributed by atoms with Crippen molar-refractivity contribution in [1.29, 1.82) is 5.41 Å². The highest BCUT2D eigenvalue weighted by molar-refractivity contribution is 7.10. The van der Waals surface area contributed by atoms with E-state index in [1.807, 2.05) is 18.2 Å². The van der Waals surface area contributed by atoms with Crippen LogP contribution in [0.15, 0.2) is 41.8 Å². The lowest BCUT2D eigenvalue weighted by Crippen LogP contribution is -2.26. The van der Waals surface area contributed by atoms with Gasteiger partial charge in [0.2, 0.25) is 0 Å². The van der Waals surface area contributed by atoms with E-state index in [2.05, 4.69) is 35.4 Å². The minimum absolute atomic E-state index is 0.287. The second-order valence-electron chi connectivity index (χ2n) is 4.33. The molecule has 1 unspecified atom stereocenters. The molecule has 0 bridgehead atoms. The van der Waals surface area contributed by atoms with Gasteiger partial charge in [0.1, 0.15) is 5.84 Å². The van der Waals surface area contributed by atoms with Gasteiger partial charge in [-0.3, -0.25) is 5.41 Å². The smallest absolute Gasteiger partial charge is 0.129 e. The summed E-state index contributed by atoms with van der Waals surface area (Å²) in [5, 5.41) is 10.3. The number of hydrogen-bond donors (Lipinski definition) is 1. The van der Waals surface area contributed by atoms with E-state index in [0.717, 1.165) is 12.1 Å². The van der Waals surface area contributed by atoms with Crippen LogP contribution in [0, 0.1) is 5.41 Å². The monoisotopic (exact) mass is 242 g/mol. The Bertz CT molecular complexity index is 545. The van der Waals surface area contributed by atoms with Gasteiger partial charge in [-0.2, -0.15) is 0 Å². The fourth-order valence-electron chi connectivity index (χ4n) is 2.32. The molecule has 3 rings (SSSR count). The van der Waals surface area contributed by atoms with Crippen LogP contribution in [0.4, 0.5) is 0 Å². The van der Waals surface area contributed by atoms with Gasteiger partial charge < -0.3 is 4.90 Å². The van der Waals surface area contributed by atoms with E-state index >= 15 is 0 Å². The Morgan fingerprint density at radius 1 is 1.24 bits per heavy atom. The maximum Gasteiger partial charge on any atom is 0.129 e. The predicted octanol–water partition coefficient (Wildman–Crippen LogP) is 3.65. The summed E-state index contributed by atoms with van der Waals surface area (Å²) in [5.41, 5.74) is 2.34. The molecule has 1 aromatic heterocycles. The predicted molar refractivity (Wildman–Crippen MR) is 71.5 cm³/mol. The van der Waals surface area contributed by atoms with E-state index in [-0.39, 0.29) is 6.04 Å². The standard InChI is InChI=1S/C14H14N2S/c1-10(13-7-4-8-17-13)16-9-11-5-2-3-6-12(11)14(16)15/h2-8,10,15H,9H2,1H3. The molecule has 0 spiro atoms. The molecule has 2 heterocycles. The van der Waals surface area contributed by atoms with E-state index in [1.54, 1.807) is 11.3 Å². The fourth-order valence-corrected chi connectivity index (χ4v) is 3.12. The first kappa shape index (κ1) is 10.5. The SMILES string of the molecule is CC(c1cccs1)N1Cc2ccccc2C1=N. The lowest BCUT2D eigenvalue weighted by Gasteiger charge is -2.25. The number of rotatable bonds is 2. The van der Waals surface area contributed by atoms with Gasteiger partial charge in [-0.05, 0) is 23.9 Å². The number of thiophene rings is 1. The van der Waals surface area contributed by atoms with Crippen LogP contribution in [0.1, 0.15) is 29.0 Å². The first-order valence-corrected chi connectivity index (χ1v) is 6.62. The minimum Gasteiger partial charge on any atom is -0.345 e. The largest absolute Gasteiger partial charge is 0.345 e. The van der Waals surface area contributed by atoms with Crippen molar-refractivity contribution < 1.29 is 0 Å². The molecular formula is C14H14N2S. The molecule has 0 saturated carbocycles. The Morgan fingerprint density at radius 2 is 2.06 bits per heavy atom. The van der Waals surface area contributed by atoms with Crippen molar-refractivity contribution in [2.45, 2.75) is 19.5 Å². The second-order valence-corrected chi connectivity index (χ2v) is 5.30. The van der Waals surface area contributed by atoms with Crippen LogP contribution >= 0.6 is 11.3 Å². The minimum atomic E-state index is 0.287. The van der Waals surface area contributed by atoms with Crippen LogP contribution < -0.4 is 0 Å². The lowest BCUT2D eigenvalue weighted by molar-refractivity contribution is 0.346. The van der Waals surface area contributed by atoms with Crippen molar-refractivity contribution in [2.24, 2.45) is 0 Å². The second kappa shape index (κ2) is 4.00. The lowest BCUT2D eigenvalue weighted by atomic mass is 10.1. The summed E-state index contributed by atoms with van der Waals surface area (Å²) in [6.45, 7) is 3.03. The fraction of sp³-hybridized carbons (Fsp3) is 0.214. The molecular weight excluding hydrogens is 228 g/mol. The highest BCUT2D eigenvalue weighted by Crippen LogP contribution is 2.32. The van der Waals surface area contributed by atoms with Gasteiger partial charge in [0, 0.05) is 17.0 Å². The molecule has 2 aromatic rings. The quantitative estimate of drug-likeness (QED) is 0.855. The Labute approximate surface area is 105 Å². The van der Waals surface area contributed by atoms with Crippen LogP contribution in [-0.2, 0) is 6.54 Å². The number of benzene rings is 1. The van der Waals surface area contributed by atoms with Crippen molar-refractivity contribution >= 4 is 17.2 Å². The number of nitrogens with zero attached hydrogens (tertiary/aromatic N) is 1. The molecule has 0 fully saturated rings. The van der Waals surface area contributed by atoms with Crippen LogP contribution in [0.2, 0.25) is 0 Å². The Hall–Kier alpha value is -1.61. The van der Waals surface area contributed by atoms with Gasteiger partial charge >= 0.3 is 0 Å². The molecule has 0 amide bonds. The number of nitrogens with one attached hydrogen (secondary N) is 1. The maximum atomic E-state index is 8.25. The summed E-state index contributed by atoms with van der Waals surface area (Å²) in [6.07, 6.45) is 0. The summed E-state index contributed by atoms with van der Waals surface area (Å²) in [7, 11) is 0. The summed E-state index contributed by atoms with van der Waals surface area (Å²) in [5.74, 6) is 0.654. The van der Waals surface area contributed by atoms with Gasteiger partial charge in [0.25, 0.3) is 0 Å². The van der Waals surface area contributed by atoms with Crippen molar-refractivity contribution in [2.75, 3.05) is 0 Å². The zero-order valence-electron chi connectivity index (χ0n) is 9.68. The Kier molecular flexibility index (Phi) is 2.48. The molecule has 1 aliphatic heterocycles. The van der Waals surface area contributed by atoms with Gasteiger partial charge in [0.15, 0.2) is 0 Å². The van der Waals surface area contributed by atoms with Crippen LogP contribution in [0.25, 0.3) is 0 Å². The third-order valence-corrected chi connectivity index (χ3v) is 4.37.